The van der Waals surface area contributed by atoms with Crippen LogP contribution in [0.15, 0.2) is 24.3 Å². The molecule has 16 heavy (non-hydrogen) atoms. The molecule has 4 heteroatoms. The van der Waals surface area contributed by atoms with Gasteiger partial charge < -0.3 is 4.74 Å². The van der Waals surface area contributed by atoms with Crippen LogP contribution in [0.4, 0.5) is 0 Å². The van der Waals surface area contributed by atoms with Crippen LogP contribution >= 0.6 is 11.6 Å². The number of halogens is 1. The van der Waals surface area contributed by atoms with E-state index >= 15 is 0 Å². The summed E-state index contributed by atoms with van der Waals surface area (Å²) >= 11 is 6.09. The first-order valence-electron chi connectivity index (χ1n) is 4.77. The molecule has 0 saturated carbocycles. The average Bonchev–Trinajstić information content (AvgIpc) is 2.27. The van der Waals surface area contributed by atoms with Gasteiger partial charge in [0.25, 0.3) is 0 Å². The lowest BCUT2D eigenvalue weighted by Gasteiger charge is -2.06. The number of pyridine rings is 1. The molecule has 0 fully saturated rings. The number of para-hydroxylation sites is 1. The maximum absolute atomic E-state index is 11.5. The number of carbonyl (C=O) groups is 1. The Morgan fingerprint density at radius 1 is 1.44 bits per heavy atom. The fraction of sp³-hybridized carbons (Fsp3) is 0.167. The quantitative estimate of drug-likeness (QED) is 0.714. The first kappa shape index (κ1) is 10.9. The molecule has 0 radical (unpaired) electrons. The fourth-order valence-corrected chi connectivity index (χ4v) is 1.91. The molecule has 0 aliphatic rings. The third-order valence-corrected chi connectivity index (χ3v) is 2.64. The number of rotatable bonds is 1. The highest BCUT2D eigenvalue weighted by Crippen LogP contribution is 2.25. The number of fused-ring (bicyclic) bond motifs is 1. The Morgan fingerprint density at radius 3 is 2.88 bits per heavy atom. The van der Waals surface area contributed by atoms with Gasteiger partial charge in [0.15, 0.2) is 0 Å². The Bertz CT molecular complexity index is 566. The molecule has 0 amide bonds. The second kappa shape index (κ2) is 4.10. The molecule has 1 heterocycles. The Balaban J connectivity index is 2.81. The highest BCUT2D eigenvalue weighted by molar-refractivity contribution is 6.35. The predicted octanol–water partition coefficient (Wildman–Crippen LogP) is 2.98. The summed E-state index contributed by atoms with van der Waals surface area (Å²) in [7, 11) is 1.35. The molecular formula is C12H10ClNO2. The molecule has 0 aliphatic heterocycles. The number of benzene rings is 1. The molecule has 0 aliphatic carbocycles. The molecular weight excluding hydrogens is 226 g/mol. The minimum Gasteiger partial charge on any atom is -0.465 e. The zero-order valence-electron chi connectivity index (χ0n) is 8.95. The van der Waals surface area contributed by atoms with Gasteiger partial charge in [0, 0.05) is 11.1 Å². The zero-order chi connectivity index (χ0) is 11.7. The molecule has 1 aromatic heterocycles. The van der Waals surface area contributed by atoms with Gasteiger partial charge in [0.2, 0.25) is 0 Å². The van der Waals surface area contributed by atoms with Crippen LogP contribution in [0.3, 0.4) is 0 Å². The number of esters is 1. The van der Waals surface area contributed by atoms with Crippen molar-refractivity contribution >= 4 is 28.5 Å². The highest BCUT2D eigenvalue weighted by Gasteiger charge is 2.12. The van der Waals surface area contributed by atoms with Crippen molar-refractivity contribution in [3.05, 3.63) is 40.5 Å². The standard InChI is InChI=1S/C12H10ClNO2/c1-7-6-10(13)8-4-3-5-9(11(8)14-7)12(15)16-2/h3-6H,1-2H3. The summed E-state index contributed by atoms with van der Waals surface area (Å²) in [5.41, 5.74) is 1.79. The van der Waals surface area contributed by atoms with Gasteiger partial charge in [-0.25, -0.2) is 4.79 Å². The second-order valence-electron chi connectivity index (χ2n) is 3.44. The predicted molar refractivity (Wildman–Crippen MR) is 62.8 cm³/mol. The fourth-order valence-electron chi connectivity index (χ4n) is 1.60. The Morgan fingerprint density at radius 2 is 2.19 bits per heavy atom. The van der Waals surface area contributed by atoms with E-state index in [0.29, 0.717) is 16.1 Å². The molecule has 2 rings (SSSR count). The lowest BCUT2D eigenvalue weighted by atomic mass is 10.1. The van der Waals surface area contributed by atoms with Crippen molar-refractivity contribution in [2.45, 2.75) is 6.92 Å². The van der Waals surface area contributed by atoms with Crippen molar-refractivity contribution in [1.82, 2.24) is 4.98 Å². The van der Waals surface area contributed by atoms with Gasteiger partial charge in [0.1, 0.15) is 0 Å². The van der Waals surface area contributed by atoms with Gasteiger partial charge in [-0.1, -0.05) is 23.7 Å². The summed E-state index contributed by atoms with van der Waals surface area (Å²) in [4.78, 5) is 15.9. The van der Waals surface area contributed by atoms with Gasteiger partial charge in [0.05, 0.1) is 23.2 Å². The van der Waals surface area contributed by atoms with Gasteiger partial charge in [-0.2, -0.15) is 0 Å². The number of aromatic nitrogens is 1. The van der Waals surface area contributed by atoms with E-state index in [1.54, 1.807) is 18.2 Å². The van der Waals surface area contributed by atoms with E-state index in [2.05, 4.69) is 4.98 Å². The van der Waals surface area contributed by atoms with Crippen LogP contribution in [0, 0.1) is 6.92 Å². The topological polar surface area (TPSA) is 39.2 Å². The van der Waals surface area contributed by atoms with Crippen molar-refractivity contribution < 1.29 is 9.53 Å². The third kappa shape index (κ3) is 1.74. The molecule has 0 spiro atoms. The van der Waals surface area contributed by atoms with Gasteiger partial charge in [-0.3, -0.25) is 4.98 Å². The minimum atomic E-state index is -0.403. The van der Waals surface area contributed by atoms with E-state index in [1.807, 2.05) is 13.0 Å². The lowest BCUT2D eigenvalue weighted by molar-refractivity contribution is 0.0603. The SMILES string of the molecule is COC(=O)c1cccc2c(Cl)cc(C)nc12. The Hall–Kier alpha value is -1.61. The highest BCUT2D eigenvalue weighted by atomic mass is 35.5. The molecule has 0 saturated heterocycles. The van der Waals surface area contributed by atoms with Crippen LogP contribution in [0.2, 0.25) is 5.02 Å². The molecule has 0 bridgehead atoms. The van der Waals surface area contributed by atoms with Crippen LogP contribution < -0.4 is 0 Å². The maximum Gasteiger partial charge on any atom is 0.340 e. The molecule has 1 aromatic carbocycles. The van der Waals surface area contributed by atoms with Crippen molar-refractivity contribution in [3.8, 4) is 0 Å². The number of ether oxygens (including phenoxy) is 1. The second-order valence-corrected chi connectivity index (χ2v) is 3.85. The zero-order valence-corrected chi connectivity index (χ0v) is 9.71. The van der Waals surface area contributed by atoms with Crippen LogP contribution in [0.1, 0.15) is 16.1 Å². The van der Waals surface area contributed by atoms with Gasteiger partial charge in [-0.05, 0) is 19.1 Å². The smallest absolute Gasteiger partial charge is 0.340 e. The van der Waals surface area contributed by atoms with Crippen molar-refractivity contribution in [1.29, 1.82) is 0 Å². The number of hydrogen-bond donors (Lipinski definition) is 0. The number of carbonyl (C=O) groups excluding carboxylic acids is 1. The van der Waals surface area contributed by atoms with Crippen LogP contribution in [0.25, 0.3) is 10.9 Å². The summed E-state index contributed by atoms with van der Waals surface area (Å²) in [6.45, 7) is 1.83. The first-order chi connectivity index (χ1) is 7.63. The van der Waals surface area contributed by atoms with Gasteiger partial charge in [-0.15, -0.1) is 0 Å². The lowest BCUT2D eigenvalue weighted by Crippen LogP contribution is -2.03. The normalized spacial score (nSPS) is 10.4. The Kier molecular flexibility index (Phi) is 2.79. The average molecular weight is 236 g/mol. The summed E-state index contributed by atoms with van der Waals surface area (Å²) < 4.78 is 4.70. The van der Waals surface area contributed by atoms with Crippen LogP contribution in [0.5, 0.6) is 0 Å². The molecule has 0 atom stereocenters. The summed E-state index contributed by atoms with van der Waals surface area (Å²) in [6, 6.07) is 7.04. The number of aryl methyl sites for hydroxylation is 1. The number of methoxy groups -OCH3 is 1. The van der Waals surface area contributed by atoms with Gasteiger partial charge >= 0.3 is 5.97 Å². The van der Waals surface area contributed by atoms with E-state index in [9.17, 15) is 4.79 Å². The molecule has 2 aromatic rings. The van der Waals surface area contributed by atoms with Crippen molar-refractivity contribution in [3.63, 3.8) is 0 Å². The molecule has 0 unspecified atom stereocenters. The largest absolute Gasteiger partial charge is 0.465 e. The van der Waals surface area contributed by atoms with E-state index < -0.39 is 5.97 Å². The van der Waals surface area contributed by atoms with Crippen LogP contribution in [-0.4, -0.2) is 18.1 Å². The minimum absolute atomic E-state index is 0.403. The summed E-state index contributed by atoms with van der Waals surface area (Å²) in [5, 5.41) is 1.35. The maximum atomic E-state index is 11.5. The first-order valence-corrected chi connectivity index (χ1v) is 5.15. The van der Waals surface area contributed by atoms with E-state index in [0.717, 1.165) is 11.1 Å². The van der Waals surface area contributed by atoms with E-state index in [1.165, 1.54) is 7.11 Å². The third-order valence-electron chi connectivity index (χ3n) is 2.32. The van der Waals surface area contributed by atoms with Crippen molar-refractivity contribution in [2.24, 2.45) is 0 Å². The van der Waals surface area contributed by atoms with Crippen molar-refractivity contribution in [2.75, 3.05) is 7.11 Å². The molecule has 82 valence electrons. The summed E-state index contributed by atoms with van der Waals surface area (Å²) in [5.74, 6) is -0.403. The van der Waals surface area contributed by atoms with E-state index in [4.69, 9.17) is 16.3 Å². The van der Waals surface area contributed by atoms with E-state index in [-0.39, 0.29) is 0 Å². The van der Waals surface area contributed by atoms with Crippen LogP contribution in [-0.2, 0) is 4.74 Å². The Labute approximate surface area is 98.0 Å². The molecule has 0 N–H and O–H groups in total. The monoisotopic (exact) mass is 235 g/mol. The number of hydrogen-bond acceptors (Lipinski definition) is 3. The summed E-state index contributed by atoms with van der Waals surface area (Å²) in [6.07, 6.45) is 0. The number of nitrogens with zero attached hydrogens (tertiary/aromatic N) is 1. The molecule has 3 nitrogen and oxygen atoms in total.